The molecular formula is C12H14O3. The van der Waals surface area contributed by atoms with Crippen molar-refractivity contribution in [3.63, 3.8) is 0 Å². The topological polar surface area (TPSA) is 46.5 Å². The standard InChI is InChI=1S/C9H6O2.C3H8O/c1-2-7-3-5-8(6-4-7)9(10)11;1-3-4-2/h1,3-6H,(H,10,11);3H2,1-2H3. The third kappa shape index (κ3) is 5.50. The van der Waals surface area contributed by atoms with Gasteiger partial charge in [-0.25, -0.2) is 4.79 Å². The van der Waals surface area contributed by atoms with Crippen LogP contribution in [0.15, 0.2) is 24.3 Å². The molecule has 0 heterocycles. The van der Waals surface area contributed by atoms with Crippen molar-refractivity contribution in [2.45, 2.75) is 6.92 Å². The highest BCUT2D eigenvalue weighted by atomic mass is 16.5. The number of aromatic carboxylic acids is 1. The average molecular weight is 206 g/mol. The number of terminal acetylenes is 1. The predicted octanol–water partition coefficient (Wildman–Crippen LogP) is 2.02. The number of hydrogen-bond donors (Lipinski definition) is 1. The molecule has 0 atom stereocenters. The molecule has 0 aliphatic carbocycles. The summed E-state index contributed by atoms with van der Waals surface area (Å²) in [7, 11) is 1.68. The van der Waals surface area contributed by atoms with Gasteiger partial charge in [-0.15, -0.1) is 6.42 Å². The van der Waals surface area contributed by atoms with E-state index in [2.05, 4.69) is 10.7 Å². The third-order valence-electron chi connectivity index (χ3n) is 1.59. The van der Waals surface area contributed by atoms with Crippen LogP contribution in [0.1, 0.15) is 22.8 Å². The summed E-state index contributed by atoms with van der Waals surface area (Å²) >= 11 is 0. The summed E-state index contributed by atoms with van der Waals surface area (Å²) in [6, 6.07) is 6.17. The second-order valence-corrected chi connectivity index (χ2v) is 2.60. The monoisotopic (exact) mass is 206 g/mol. The van der Waals surface area contributed by atoms with E-state index in [-0.39, 0.29) is 5.56 Å². The van der Waals surface area contributed by atoms with Crippen molar-refractivity contribution >= 4 is 5.97 Å². The molecule has 80 valence electrons. The minimum Gasteiger partial charge on any atom is -0.478 e. The molecule has 0 unspecified atom stereocenters. The molecule has 0 fully saturated rings. The number of carboxylic acid groups (broad SMARTS) is 1. The maximum absolute atomic E-state index is 10.3. The maximum Gasteiger partial charge on any atom is 0.335 e. The van der Waals surface area contributed by atoms with E-state index in [1.807, 2.05) is 6.92 Å². The summed E-state index contributed by atoms with van der Waals surface area (Å²) in [6.45, 7) is 2.78. The molecule has 1 aromatic carbocycles. The molecule has 1 N–H and O–H groups in total. The smallest absolute Gasteiger partial charge is 0.335 e. The maximum atomic E-state index is 10.3. The molecule has 1 rings (SSSR count). The lowest BCUT2D eigenvalue weighted by Gasteiger charge is -1.92. The predicted molar refractivity (Wildman–Crippen MR) is 58.9 cm³/mol. The van der Waals surface area contributed by atoms with Gasteiger partial charge in [-0.3, -0.25) is 0 Å². The van der Waals surface area contributed by atoms with Gasteiger partial charge in [0.15, 0.2) is 0 Å². The van der Waals surface area contributed by atoms with E-state index >= 15 is 0 Å². The molecule has 0 bridgehead atoms. The summed E-state index contributed by atoms with van der Waals surface area (Å²) in [5, 5.41) is 8.50. The van der Waals surface area contributed by atoms with Crippen LogP contribution in [0.3, 0.4) is 0 Å². The van der Waals surface area contributed by atoms with Gasteiger partial charge in [0, 0.05) is 19.3 Å². The molecule has 0 saturated carbocycles. The first-order valence-electron chi connectivity index (χ1n) is 4.44. The van der Waals surface area contributed by atoms with Crippen LogP contribution < -0.4 is 0 Å². The Bertz CT molecular complexity index is 331. The van der Waals surface area contributed by atoms with Crippen molar-refractivity contribution < 1.29 is 14.6 Å². The highest BCUT2D eigenvalue weighted by Gasteiger charge is 1.99. The first-order valence-corrected chi connectivity index (χ1v) is 4.44. The van der Waals surface area contributed by atoms with Gasteiger partial charge in [-0.05, 0) is 31.2 Å². The first-order chi connectivity index (χ1) is 7.15. The Morgan fingerprint density at radius 1 is 1.47 bits per heavy atom. The minimum atomic E-state index is -0.937. The Balaban J connectivity index is 0.000000423. The zero-order chi connectivity index (χ0) is 11.7. The van der Waals surface area contributed by atoms with Crippen molar-refractivity contribution in [3.8, 4) is 12.3 Å². The minimum absolute atomic E-state index is 0.254. The van der Waals surface area contributed by atoms with E-state index in [4.69, 9.17) is 11.5 Å². The number of benzene rings is 1. The Morgan fingerprint density at radius 2 is 1.93 bits per heavy atom. The van der Waals surface area contributed by atoms with Crippen LogP contribution in [0.25, 0.3) is 0 Å². The molecule has 0 aliphatic rings. The van der Waals surface area contributed by atoms with Gasteiger partial charge in [-0.2, -0.15) is 0 Å². The molecule has 0 spiro atoms. The van der Waals surface area contributed by atoms with Crippen LogP contribution in [0, 0.1) is 12.3 Å². The third-order valence-corrected chi connectivity index (χ3v) is 1.59. The van der Waals surface area contributed by atoms with Crippen molar-refractivity contribution in [2.75, 3.05) is 13.7 Å². The van der Waals surface area contributed by atoms with Crippen molar-refractivity contribution in [1.29, 1.82) is 0 Å². The largest absolute Gasteiger partial charge is 0.478 e. The number of ether oxygens (including phenoxy) is 1. The normalized spacial score (nSPS) is 8.33. The molecule has 3 nitrogen and oxygen atoms in total. The lowest BCUT2D eigenvalue weighted by Crippen LogP contribution is -1.94. The van der Waals surface area contributed by atoms with Crippen molar-refractivity contribution in [3.05, 3.63) is 35.4 Å². The van der Waals surface area contributed by atoms with Crippen LogP contribution in [0.2, 0.25) is 0 Å². The summed E-state index contributed by atoms with van der Waals surface area (Å²) in [5.74, 6) is 1.46. The van der Waals surface area contributed by atoms with Crippen molar-refractivity contribution in [2.24, 2.45) is 0 Å². The van der Waals surface area contributed by atoms with E-state index in [1.54, 1.807) is 19.2 Å². The number of carbonyl (C=O) groups is 1. The average Bonchev–Trinajstić information content (AvgIpc) is 2.29. The highest BCUT2D eigenvalue weighted by Crippen LogP contribution is 2.02. The fourth-order valence-electron chi connectivity index (χ4n) is 0.709. The molecule has 0 aromatic heterocycles. The van der Waals surface area contributed by atoms with Gasteiger partial charge >= 0.3 is 5.97 Å². The van der Waals surface area contributed by atoms with E-state index in [0.717, 1.165) is 6.61 Å². The number of rotatable bonds is 2. The molecule has 15 heavy (non-hydrogen) atoms. The Labute approximate surface area is 89.7 Å². The van der Waals surface area contributed by atoms with Gasteiger partial charge in [0.25, 0.3) is 0 Å². The van der Waals surface area contributed by atoms with Crippen LogP contribution in [0.5, 0.6) is 0 Å². The van der Waals surface area contributed by atoms with Gasteiger partial charge in [0.1, 0.15) is 0 Å². The number of carboxylic acids is 1. The molecule has 0 saturated heterocycles. The quantitative estimate of drug-likeness (QED) is 0.753. The second kappa shape index (κ2) is 7.60. The fourth-order valence-corrected chi connectivity index (χ4v) is 0.709. The molecule has 1 aromatic rings. The van der Waals surface area contributed by atoms with Gasteiger partial charge in [-0.1, -0.05) is 5.92 Å². The van der Waals surface area contributed by atoms with Gasteiger partial charge in [0.2, 0.25) is 0 Å². The zero-order valence-corrected chi connectivity index (χ0v) is 8.86. The molecule has 0 radical (unpaired) electrons. The lowest BCUT2D eigenvalue weighted by atomic mass is 10.1. The fraction of sp³-hybridized carbons (Fsp3) is 0.250. The Kier molecular flexibility index (Phi) is 6.69. The van der Waals surface area contributed by atoms with E-state index in [1.165, 1.54) is 12.1 Å². The molecule has 0 amide bonds. The lowest BCUT2D eigenvalue weighted by molar-refractivity contribution is 0.0697. The van der Waals surface area contributed by atoms with E-state index < -0.39 is 5.97 Å². The Morgan fingerprint density at radius 3 is 2.20 bits per heavy atom. The van der Waals surface area contributed by atoms with Crippen LogP contribution in [-0.2, 0) is 4.74 Å². The summed E-state index contributed by atoms with van der Waals surface area (Å²) in [6.07, 6.45) is 5.08. The van der Waals surface area contributed by atoms with Gasteiger partial charge in [0.05, 0.1) is 5.56 Å². The van der Waals surface area contributed by atoms with Crippen molar-refractivity contribution in [1.82, 2.24) is 0 Å². The van der Waals surface area contributed by atoms with Gasteiger partial charge < -0.3 is 9.84 Å². The van der Waals surface area contributed by atoms with E-state index in [9.17, 15) is 4.79 Å². The summed E-state index contributed by atoms with van der Waals surface area (Å²) < 4.78 is 4.54. The second-order valence-electron chi connectivity index (χ2n) is 2.60. The zero-order valence-electron chi connectivity index (χ0n) is 8.86. The first kappa shape index (κ1) is 13.2. The number of hydrogen-bond acceptors (Lipinski definition) is 2. The molecular weight excluding hydrogens is 192 g/mol. The Hall–Kier alpha value is -1.79. The van der Waals surface area contributed by atoms with Crippen LogP contribution in [0.4, 0.5) is 0 Å². The van der Waals surface area contributed by atoms with E-state index in [0.29, 0.717) is 5.56 Å². The SMILES string of the molecule is C#Cc1ccc(C(=O)O)cc1.CCOC. The summed E-state index contributed by atoms with van der Waals surface area (Å²) in [4.78, 5) is 10.3. The number of methoxy groups -OCH3 is 1. The van der Waals surface area contributed by atoms with Crippen LogP contribution >= 0.6 is 0 Å². The summed E-state index contributed by atoms with van der Waals surface area (Å²) in [5.41, 5.74) is 0.944. The highest BCUT2D eigenvalue weighted by molar-refractivity contribution is 5.87. The molecule has 0 aliphatic heterocycles. The molecule has 3 heteroatoms. The van der Waals surface area contributed by atoms with Crippen LogP contribution in [-0.4, -0.2) is 24.8 Å².